The molecule has 3 rings (SSSR count). The highest BCUT2D eigenvalue weighted by atomic mass is 35.5. The molecule has 0 bridgehead atoms. The molecule has 1 aromatic heterocycles. The van der Waals surface area contributed by atoms with Crippen LogP contribution in [-0.2, 0) is 0 Å². The summed E-state index contributed by atoms with van der Waals surface area (Å²) in [4.78, 5) is 6.48. The molecule has 0 unspecified atom stereocenters. The molecule has 2 heterocycles. The van der Waals surface area contributed by atoms with Crippen molar-refractivity contribution >= 4 is 34.3 Å². The lowest BCUT2D eigenvalue weighted by atomic mass is 10.2. The van der Waals surface area contributed by atoms with Gasteiger partial charge in [-0.25, -0.2) is 4.98 Å². The summed E-state index contributed by atoms with van der Waals surface area (Å²) in [6, 6.07) is 7.49. The van der Waals surface area contributed by atoms with Crippen molar-refractivity contribution in [2.45, 2.75) is 13.8 Å². The number of nitrogens with one attached hydrogen (secondary N) is 1. The average molecular weight is 348 g/mol. The summed E-state index contributed by atoms with van der Waals surface area (Å²) in [6.45, 7) is 5.35. The van der Waals surface area contributed by atoms with E-state index in [1.807, 2.05) is 34.5 Å². The fraction of sp³-hybridized carbons (Fsp3) is 0.294. The highest BCUT2D eigenvalue weighted by molar-refractivity contribution is 7.11. The molecule has 1 aliphatic heterocycles. The van der Waals surface area contributed by atoms with Crippen molar-refractivity contribution in [3.8, 4) is 11.3 Å². The number of aliphatic hydroxyl groups is 1. The minimum absolute atomic E-state index is 0.229. The number of rotatable bonds is 4. The molecule has 0 aliphatic carbocycles. The van der Waals surface area contributed by atoms with Gasteiger partial charge in [0.25, 0.3) is 0 Å². The van der Waals surface area contributed by atoms with Crippen LogP contribution < -0.4 is 0 Å². The Bertz CT molecular complexity index is 764. The van der Waals surface area contributed by atoms with E-state index in [0.29, 0.717) is 33.9 Å². The first-order valence-electron chi connectivity index (χ1n) is 7.43. The maximum Gasteiger partial charge on any atom is 0.135 e. The fourth-order valence-corrected chi connectivity index (χ4v) is 3.62. The van der Waals surface area contributed by atoms with Crippen LogP contribution in [0.3, 0.4) is 0 Å². The number of aromatic nitrogens is 1. The van der Waals surface area contributed by atoms with Gasteiger partial charge in [0.1, 0.15) is 16.6 Å². The number of halogens is 1. The third-order valence-corrected chi connectivity index (χ3v) is 4.74. The van der Waals surface area contributed by atoms with Crippen LogP contribution in [0.4, 0.5) is 0 Å². The lowest BCUT2D eigenvalue weighted by molar-refractivity contribution is 0.329. The molecule has 0 fully saturated rings. The van der Waals surface area contributed by atoms with E-state index in [1.165, 1.54) is 11.3 Å². The summed E-state index contributed by atoms with van der Waals surface area (Å²) in [6.07, 6.45) is 0. The molecular formula is C17H18ClN3OS. The summed E-state index contributed by atoms with van der Waals surface area (Å²) in [5.41, 5.74) is 2.36. The molecule has 4 nitrogen and oxygen atoms in total. The first kappa shape index (κ1) is 16.0. The Balaban J connectivity index is 1.87. The van der Waals surface area contributed by atoms with Crippen molar-refractivity contribution < 1.29 is 5.11 Å². The van der Waals surface area contributed by atoms with E-state index >= 15 is 0 Å². The molecular weight excluding hydrogens is 330 g/mol. The van der Waals surface area contributed by atoms with Crippen molar-refractivity contribution in [3.63, 3.8) is 0 Å². The molecule has 0 amide bonds. The Morgan fingerprint density at radius 3 is 2.70 bits per heavy atom. The Kier molecular flexibility index (Phi) is 4.41. The van der Waals surface area contributed by atoms with Crippen LogP contribution in [0.25, 0.3) is 16.8 Å². The normalized spacial score (nSPS) is 15.1. The van der Waals surface area contributed by atoms with Gasteiger partial charge in [-0.3, -0.25) is 5.41 Å². The summed E-state index contributed by atoms with van der Waals surface area (Å²) in [5, 5.41) is 21.9. The third kappa shape index (κ3) is 3.26. The van der Waals surface area contributed by atoms with Crippen molar-refractivity contribution in [2.24, 2.45) is 5.92 Å². The summed E-state index contributed by atoms with van der Waals surface area (Å²) < 4.78 is 0. The molecule has 2 aromatic rings. The first-order valence-corrected chi connectivity index (χ1v) is 8.69. The van der Waals surface area contributed by atoms with Gasteiger partial charge in [-0.15, -0.1) is 11.3 Å². The van der Waals surface area contributed by atoms with Crippen LogP contribution in [0.5, 0.6) is 0 Å². The molecule has 0 saturated carbocycles. The first-order chi connectivity index (χ1) is 11.0. The van der Waals surface area contributed by atoms with E-state index in [1.54, 1.807) is 0 Å². The van der Waals surface area contributed by atoms with Gasteiger partial charge in [0, 0.05) is 22.5 Å². The van der Waals surface area contributed by atoms with Gasteiger partial charge in [-0.2, -0.15) is 0 Å². The average Bonchev–Trinajstić information content (AvgIpc) is 3.05. The number of benzene rings is 1. The molecule has 6 heteroatoms. The zero-order valence-electron chi connectivity index (χ0n) is 13.0. The van der Waals surface area contributed by atoms with Crippen LogP contribution in [0.1, 0.15) is 18.9 Å². The lowest BCUT2D eigenvalue weighted by Crippen LogP contribution is -2.30. The number of hydrogen-bond acceptors (Lipinski definition) is 4. The Hall–Kier alpha value is -1.85. The highest BCUT2D eigenvalue weighted by Gasteiger charge is 2.30. The summed E-state index contributed by atoms with van der Waals surface area (Å²) in [5.74, 6) is 1.02. The van der Waals surface area contributed by atoms with Crippen LogP contribution in [0.15, 0.2) is 35.4 Å². The summed E-state index contributed by atoms with van der Waals surface area (Å²) >= 11 is 7.36. The van der Waals surface area contributed by atoms with Gasteiger partial charge in [-0.05, 0) is 18.1 Å². The second-order valence-electron chi connectivity index (χ2n) is 5.99. The number of aliphatic hydroxyl groups excluding tert-OH is 1. The van der Waals surface area contributed by atoms with Gasteiger partial charge in [0.2, 0.25) is 0 Å². The zero-order chi connectivity index (χ0) is 16.6. The van der Waals surface area contributed by atoms with E-state index in [2.05, 4.69) is 18.8 Å². The van der Waals surface area contributed by atoms with E-state index in [4.69, 9.17) is 17.0 Å². The topological polar surface area (TPSA) is 60.2 Å². The number of nitrogens with zero attached hydrogens (tertiary/aromatic N) is 2. The van der Waals surface area contributed by atoms with Gasteiger partial charge in [0.15, 0.2) is 0 Å². The molecule has 0 saturated heterocycles. The van der Waals surface area contributed by atoms with Crippen molar-refractivity contribution in [2.75, 3.05) is 13.1 Å². The Morgan fingerprint density at radius 2 is 2.04 bits per heavy atom. The predicted octanol–water partition coefficient (Wildman–Crippen LogP) is 4.68. The predicted molar refractivity (Wildman–Crippen MR) is 96.2 cm³/mol. The standard InChI is InChI=1S/C17H18ClN3OS/c1-10(2)7-21-8-14(22)15(16(21)19)17-20-13(9-23-17)11-3-5-12(18)6-4-11/h3-6,9-10,19,22H,7-8H2,1-2H3. The largest absolute Gasteiger partial charge is 0.510 e. The smallest absolute Gasteiger partial charge is 0.135 e. The second kappa shape index (κ2) is 6.34. The summed E-state index contributed by atoms with van der Waals surface area (Å²) in [7, 11) is 0. The molecule has 1 aliphatic rings. The number of hydrogen-bond donors (Lipinski definition) is 2. The van der Waals surface area contributed by atoms with Crippen LogP contribution in [0.2, 0.25) is 5.02 Å². The Morgan fingerprint density at radius 1 is 1.35 bits per heavy atom. The Labute approximate surface area is 144 Å². The molecule has 0 atom stereocenters. The molecule has 2 N–H and O–H groups in total. The molecule has 23 heavy (non-hydrogen) atoms. The van der Waals surface area contributed by atoms with Gasteiger partial charge in [0.05, 0.1) is 17.8 Å². The molecule has 0 spiro atoms. The van der Waals surface area contributed by atoms with Crippen LogP contribution in [-0.4, -0.2) is 33.9 Å². The molecule has 0 radical (unpaired) electrons. The van der Waals surface area contributed by atoms with E-state index < -0.39 is 0 Å². The van der Waals surface area contributed by atoms with E-state index in [0.717, 1.165) is 17.8 Å². The molecule has 1 aromatic carbocycles. The van der Waals surface area contributed by atoms with Gasteiger partial charge in [-0.1, -0.05) is 37.6 Å². The van der Waals surface area contributed by atoms with Crippen LogP contribution >= 0.6 is 22.9 Å². The fourth-order valence-electron chi connectivity index (χ4n) is 2.60. The molecule has 120 valence electrons. The van der Waals surface area contributed by atoms with Crippen LogP contribution in [0, 0.1) is 11.3 Å². The van der Waals surface area contributed by atoms with E-state index in [9.17, 15) is 5.11 Å². The van der Waals surface area contributed by atoms with Crippen molar-refractivity contribution in [1.82, 2.24) is 9.88 Å². The quantitative estimate of drug-likeness (QED) is 0.844. The van der Waals surface area contributed by atoms with Crippen molar-refractivity contribution in [3.05, 3.63) is 45.4 Å². The number of thiazole rings is 1. The van der Waals surface area contributed by atoms with Crippen molar-refractivity contribution in [1.29, 1.82) is 5.41 Å². The van der Waals surface area contributed by atoms with E-state index in [-0.39, 0.29) is 5.76 Å². The lowest BCUT2D eigenvalue weighted by Gasteiger charge is -2.20. The SMILES string of the molecule is CC(C)CN1CC(O)=C(c2nc(-c3ccc(Cl)cc3)cs2)C1=N. The monoisotopic (exact) mass is 347 g/mol. The minimum Gasteiger partial charge on any atom is -0.510 e. The van der Waals surface area contributed by atoms with Gasteiger partial charge < -0.3 is 10.0 Å². The minimum atomic E-state index is 0.229. The zero-order valence-corrected chi connectivity index (χ0v) is 14.6. The third-order valence-electron chi connectivity index (χ3n) is 3.63. The maximum absolute atomic E-state index is 10.3. The highest BCUT2D eigenvalue weighted by Crippen LogP contribution is 2.32. The maximum atomic E-state index is 10.3. The second-order valence-corrected chi connectivity index (χ2v) is 7.28. The number of amidine groups is 1. The van der Waals surface area contributed by atoms with Gasteiger partial charge >= 0.3 is 0 Å².